The Morgan fingerprint density at radius 3 is 2.20 bits per heavy atom. The van der Waals surface area contributed by atoms with Crippen LogP contribution >= 0.6 is 24.0 Å². The first-order valence-electron chi connectivity index (χ1n) is 9.48. The Balaban J connectivity index is 0.00000576. The van der Waals surface area contributed by atoms with Crippen LogP contribution in [0.2, 0.25) is 0 Å². The highest BCUT2D eigenvalue weighted by Gasteiger charge is 2.07. The topological polar surface area (TPSA) is 46.4 Å². The van der Waals surface area contributed by atoms with E-state index in [1.807, 2.05) is 12.1 Å². The molecule has 0 saturated heterocycles. The van der Waals surface area contributed by atoms with E-state index < -0.39 is 0 Å². The quantitative estimate of drug-likeness (QED) is 0.155. The van der Waals surface area contributed by atoms with Gasteiger partial charge in [-0.15, -0.1) is 24.0 Å². The SMILES string of the molecule is CCCCCCN(CCCc1ccc([N+](=O)[O-])cc1)CCC(C)C.I. The van der Waals surface area contributed by atoms with Crippen LogP contribution in [-0.2, 0) is 6.42 Å². The maximum absolute atomic E-state index is 10.7. The van der Waals surface area contributed by atoms with Gasteiger partial charge in [0.25, 0.3) is 5.69 Å². The van der Waals surface area contributed by atoms with Crippen molar-refractivity contribution in [3.8, 4) is 0 Å². The zero-order valence-electron chi connectivity index (χ0n) is 16.1. The summed E-state index contributed by atoms with van der Waals surface area (Å²) in [4.78, 5) is 12.9. The van der Waals surface area contributed by atoms with Gasteiger partial charge in [0.2, 0.25) is 0 Å². The minimum absolute atomic E-state index is 0. The molecule has 25 heavy (non-hydrogen) atoms. The summed E-state index contributed by atoms with van der Waals surface area (Å²) < 4.78 is 0. The van der Waals surface area contributed by atoms with Crippen molar-refractivity contribution in [2.24, 2.45) is 5.92 Å². The second-order valence-electron chi connectivity index (χ2n) is 7.11. The number of non-ortho nitro benzene ring substituents is 1. The molecule has 1 aromatic carbocycles. The third-order valence-corrected chi connectivity index (χ3v) is 4.44. The molecule has 5 heteroatoms. The molecule has 0 aliphatic rings. The van der Waals surface area contributed by atoms with Crippen molar-refractivity contribution in [3.05, 3.63) is 39.9 Å². The van der Waals surface area contributed by atoms with Crippen LogP contribution in [0.4, 0.5) is 5.69 Å². The standard InChI is InChI=1S/C20H34N2O2.HI/c1-4-5-6-7-15-21(17-14-18(2)3)16-8-9-19-10-12-20(13-11-19)22(23)24;/h10-13,18H,4-9,14-17H2,1-3H3;1H. The summed E-state index contributed by atoms with van der Waals surface area (Å²) in [6, 6.07) is 6.99. The Kier molecular flexibility index (Phi) is 14.1. The molecule has 0 heterocycles. The van der Waals surface area contributed by atoms with Crippen LogP contribution < -0.4 is 0 Å². The van der Waals surface area contributed by atoms with Crippen LogP contribution in [0.3, 0.4) is 0 Å². The van der Waals surface area contributed by atoms with Gasteiger partial charge in [-0.3, -0.25) is 10.1 Å². The molecule has 0 amide bonds. The Hall–Kier alpha value is -0.690. The Labute approximate surface area is 170 Å². The molecule has 0 N–H and O–H groups in total. The molecule has 0 aromatic heterocycles. The zero-order chi connectivity index (χ0) is 17.8. The van der Waals surface area contributed by atoms with Crippen molar-refractivity contribution in [2.45, 2.75) is 65.7 Å². The highest BCUT2D eigenvalue weighted by molar-refractivity contribution is 14.0. The molecular formula is C20H35IN2O2. The fraction of sp³-hybridized carbons (Fsp3) is 0.700. The van der Waals surface area contributed by atoms with Crippen molar-refractivity contribution in [1.29, 1.82) is 0 Å². The predicted octanol–water partition coefficient (Wildman–Crippen LogP) is 6.07. The lowest BCUT2D eigenvalue weighted by Gasteiger charge is -2.23. The number of benzene rings is 1. The molecule has 4 nitrogen and oxygen atoms in total. The lowest BCUT2D eigenvalue weighted by atomic mass is 10.1. The molecule has 0 aliphatic heterocycles. The van der Waals surface area contributed by atoms with Crippen molar-refractivity contribution >= 4 is 29.7 Å². The van der Waals surface area contributed by atoms with E-state index in [4.69, 9.17) is 0 Å². The molecule has 0 radical (unpaired) electrons. The van der Waals surface area contributed by atoms with E-state index in [1.54, 1.807) is 12.1 Å². The van der Waals surface area contributed by atoms with Crippen LogP contribution in [0.1, 0.15) is 64.9 Å². The number of hydrogen-bond donors (Lipinski definition) is 0. The smallest absolute Gasteiger partial charge is 0.269 e. The van der Waals surface area contributed by atoms with Crippen molar-refractivity contribution < 1.29 is 4.92 Å². The molecule has 1 aromatic rings. The van der Waals surface area contributed by atoms with Gasteiger partial charge in [0.05, 0.1) is 4.92 Å². The average Bonchev–Trinajstić information content (AvgIpc) is 2.56. The van der Waals surface area contributed by atoms with E-state index >= 15 is 0 Å². The summed E-state index contributed by atoms with van der Waals surface area (Å²) >= 11 is 0. The number of rotatable bonds is 13. The van der Waals surface area contributed by atoms with Gasteiger partial charge < -0.3 is 4.90 Å². The van der Waals surface area contributed by atoms with Crippen molar-refractivity contribution in [2.75, 3.05) is 19.6 Å². The molecule has 0 spiro atoms. The molecule has 0 unspecified atom stereocenters. The van der Waals surface area contributed by atoms with Gasteiger partial charge in [-0.1, -0.05) is 52.2 Å². The highest BCUT2D eigenvalue weighted by Crippen LogP contribution is 2.14. The van der Waals surface area contributed by atoms with Crippen LogP contribution in [0, 0.1) is 16.0 Å². The van der Waals surface area contributed by atoms with Crippen LogP contribution in [-0.4, -0.2) is 29.5 Å². The summed E-state index contributed by atoms with van der Waals surface area (Å²) in [5.41, 5.74) is 1.36. The van der Waals surface area contributed by atoms with E-state index in [1.165, 1.54) is 50.8 Å². The lowest BCUT2D eigenvalue weighted by molar-refractivity contribution is -0.384. The number of nitrogens with zero attached hydrogens (tertiary/aromatic N) is 2. The number of halogens is 1. The number of unbranched alkanes of at least 4 members (excludes halogenated alkanes) is 3. The Morgan fingerprint density at radius 2 is 1.64 bits per heavy atom. The van der Waals surface area contributed by atoms with E-state index in [0.29, 0.717) is 0 Å². The summed E-state index contributed by atoms with van der Waals surface area (Å²) in [6.45, 7) is 10.3. The number of nitro benzene ring substituents is 1. The fourth-order valence-corrected chi connectivity index (χ4v) is 2.83. The highest BCUT2D eigenvalue weighted by atomic mass is 127. The third kappa shape index (κ3) is 11.5. The van der Waals surface area contributed by atoms with Gasteiger partial charge in [-0.25, -0.2) is 0 Å². The second kappa shape index (κ2) is 14.5. The monoisotopic (exact) mass is 462 g/mol. The van der Waals surface area contributed by atoms with Gasteiger partial charge >= 0.3 is 0 Å². The molecular weight excluding hydrogens is 427 g/mol. The molecule has 0 bridgehead atoms. The van der Waals surface area contributed by atoms with Gasteiger partial charge in [0, 0.05) is 12.1 Å². The van der Waals surface area contributed by atoms with Gasteiger partial charge in [-0.2, -0.15) is 0 Å². The van der Waals surface area contributed by atoms with E-state index in [0.717, 1.165) is 25.3 Å². The van der Waals surface area contributed by atoms with E-state index in [2.05, 4.69) is 25.7 Å². The van der Waals surface area contributed by atoms with E-state index in [-0.39, 0.29) is 34.6 Å². The van der Waals surface area contributed by atoms with Gasteiger partial charge in [-0.05, 0) is 56.8 Å². The lowest BCUT2D eigenvalue weighted by Crippen LogP contribution is -2.28. The number of aryl methyl sites for hydroxylation is 1. The minimum atomic E-state index is -0.340. The molecule has 0 saturated carbocycles. The Morgan fingerprint density at radius 1 is 1.00 bits per heavy atom. The molecule has 0 atom stereocenters. The molecule has 144 valence electrons. The normalized spacial score (nSPS) is 10.9. The zero-order valence-corrected chi connectivity index (χ0v) is 18.4. The summed E-state index contributed by atoms with van der Waals surface area (Å²) in [5.74, 6) is 0.748. The third-order valence-electron chi connectivity index (χ3n) is 4.44. The number of nitro groups is 1. The summed E-state index contributed by atoms with van der Waals surface area (Å²) in [5, 5.41) is 10.7. The summed E-state index contributed by atoms with van der Waals surface area (Å²) in [6.07, 6.45) is 8.60. The van der Waals surface area contributed by atoms with Crippen LogP contribution in [0.25, 0.3) is 0 Å². The van der Waals surface area contributed by atoms with E-state index in [9.17, 15) is 10.1 Å². The number of hydrogen-bond acceptors (Lipinski definition) is 3. The van der Waals surface area contributed by atoms with Gasteiger partial charge in [0.15, 0.2) is 0 Å². The van der Waals surface area contributed by atoms with Crippen LogP contribution in [0.15, 0.2) is 24.3 Å². The minimum Gasteiger partial charge on any atom is -0.303 e. The first-order chi connectivity index (χ1) is 11.5. The molecule has 0 aliphatic carbocycles. The van der Waals surface area contributed by atoms with Crippen molar-refractivity contribution in [1.82, 2.24) is 4.90 Å². The Bertz CT molecular complexity index is 463. The maximum Gasteiger partial charge on any atom is 0.269 e. The average molecular weight is 462 g/mol. The van der Waals surface area contributed by atoms with Gasteiger partial charge in [0.1, 0.15) is 0 Å². The molecule has 1 rings (SSSR count). The molecule has 0 fully saturated rings. The van der Waals surface area contributed by atoms with Crippen LogP contribution in [0.5, 0.6) is 0 Å². The second-order valence-corrected chi connectivity index (χ2v) is 7.11. The van der Waals surface area contributed by atoms with Crippen molar-refractivity contribution in [3.63, 3.8) is 0 Å². The first-order valence-corrected chi connectivity index (χ1v) is 9.48. The predicted molar refractivity (Wildman–Crippen MR) is 117 cm³/mol. The fourth-order valence-electron chi connectivity index (χ4n) is 2.83. The largest absolute Gasteiger partial charge is 0.303 e. The maximum atomic E-state index is 10.7. The first kappa shape index (κ1) is 24.3. The summed E-state index contributed by atoms with van der Waals surface area (Å²) in [7, 11) is 0.